The van der Waals surface area contributed by atoms with E-state index < -0.39 is 0 Å². The summed E-state index contributed by atoms with van der Waals surface area (Å²) in [5, 5.41) is 1.17. The highest BCUT2D eigenvalue weighted by Crippen LogP contribution is 2.27. The van der Waals surface area contributed by atoms with E-state index in [1.165, 1.54) is 17.0 Å². The topological polar surface area (TPSA) is 4.93 Å². The zero-order chi connectivity index (χ0) is 11.7. The summed E-state index contributed by atoms with van der Waals surface area (Å²) in [4.78, 5) is 0. The van der Waals surface area contributed by atoms with E-state index in [1.54, 1.807) is 17.8 Å². The van der Waals surface area contributed by atoms with Gasteiger partial charge in [-0.2, -0.15) is 11.8 Å². The Hall–Kier alpha value is -0.960. The molecule has 0 atom stereocenters. The van der Waals surface area contributed by atoms with Crippen LogP contribution in [0.2, 0.25) is 0 Å². The summed E-state index contributed by atoms with van der Waals surface area (Å²) in [7, 11) is 0. The number of benzene rings is 1. The second-order valence-electron chi connectivity index (χ2n) is 4.25. The standard InChI is InChI=1S/C13H16FNS/c1-9(2)15-7-10(8-16-3)12-5-4-11(14)6-13(12)15/h4-7,9H,8H2,1-3H3. The maximum atomic E-state index is 13.3. The van der Waals surface area contributed by atoms with Crippen molar-refractivity contribution in [2.24, 2.45) is 0 Å². The van der Waals surface area contributed by atoms with Crippen LogP contribution in [0.25, 0.3) is 10.9 Å². The van der Waals surface area contributed by atoms with Gasteiger partial charge >= 0.3 is 0 Å². The van der Waals surface area contributed by atoms with E-state index in [4.69, 9.17) is 0 Å². The predicted molar refractivity (Wildman–Crippen MR) is 69.5 cm³/mol. The minimum Gasteiger partial charge on any atom is -0.345 e. The Bertz CT molecular complexity index is 502. The quantitative estimate of drug-likeness (QED) is 0.773. The van der Waals surface area contributed by atoms with E-state index in [1.807, 2.05) is 6.07 Å². The molecule has 1 heterocycles. The van der Waals surface area contributed by atoms with Gasteiger partial charge in [-0.25, -0.2) is 4.39 Å². The van der Waals surface area contributed by atoms with Crippen molar-refractivity contribution in [2.75, 3.05) is 6.26 Å². The van der Waals surface area contributed by atoms with Crippen LogP contribution in [0.4, 0.5) is 4.39 Å². The Morgan fingerprint density at radius 3 is 2.75 bits per heavy atom. The molecule has 2 aromatic rings. The van der Waals surface area contributed by atoms with Gasteiger partial charge in [0, 0.05) is 23.4 Å². The Kier molecular flexibility index (Phi) is 3.24. The van der Waals surface area contributed by atoms with Crippen molar-refractivity contribution in [3.05, 3.63) is 35.8 Å². The first-order valence-corrected chi connectivity index (χ1v) is 6.80. The van der Waals surface area contributed by atoms with Crippen LogP contribution in [-0.2, 0) is 5.75 Å². The van der Waals surface area contributed by atoms with Crippen LogP contribution in [-0.4, -0.2) is 10.8 Å². The van der Waals surface area contributed by atoms with Crippen molar-refractivity contribution >= 4 is 22.7 Å². The van der Waals surface area contributed by atoms with Gasteiger partial charge < -0.3 is 4.57 Å². The van der Waals surface area contributed by atoms with Crippen molar-refractivity contribution in [1.82, 2.24) is 4.57 Å². The molecule has 0 radical (unpaired) electrons. The van der Waals surface area contributed by atoms with E-state index in [0.717, 1.165) is 11.3 Å². The molecule has 2 rings (SSSR count). The third kappa shape index (κ3) is 1.96. The highest BCUT2D eigenvalue weighted by Gasteiger charge is 2.10. The summed E-state index contributed by atoms with van der Waals surface area (Å²) >= 11 is 1.79. The molecule has 0 N–H and O–H groups in total. The van der Waals surface area contributed by atoms with Gasteiger partial charge in [-0.05, 0) is 43.9 Å². The van der Waals surface area contributed by atoms with Crippen LogP contribution in [0, 0.1) is 5.82 Å². The number of halogens is 1. The van der Waals surface area contributed by atoms with Gasteiger partial charge in [0.2, 0.25) is 0 Å². The first-order chi connectivity index (χ1) is 7.63. The van der Waals surface area contributed by atoms with Gasteiger partial charge in [-0.15, -0.1) is 0 Å². The first kappa shape index (κ1) is 11.5. The van der Waals surface area contributed by atoms with Gasteiger partial charge in [0.25, 0.3) is 0 Å². The monoisotopic (exact) mass is 237 g/mol. The van der Waals surface area contributed by atoms with E-state index in [2.05, 4.69) is 30.9 Å². The molecule has 16 heavy (non-hydrogen) atoms. The Balaban J connectivity index is 2.66. The lowest BCUT2D eigenvalue weighted by Crippen LogP contribution is -1.98. The van der Waals surface area contributed by atoms with Gasteiger partial charge in [0.05, 0.1) is 5.52 Å². The Labute approximate surface area is 99.6 Å². The Morgan fingerprint density at radius 2 is 2.12 bits per heavy atom. The molecule has 0 aliphatic carbocycles. The minimum absolute atomic E-state index is 0.164. The molecular weight excluding hydrogens is 221 g/mol. The third-order valence-corrected chi connectivity index (χ3v) is 3.33. The molecule has 0 bridgehead atoms. The summed E-state index contributed by atoms with van der Waals surface area (Å²) in [5.74, 6) is 0.810. The molecule has 0 spiro atoms. The van der Waals surface area contributed by atoms with Gasteiger partial charge in [0.15, 0.2) is 0 Å². The second-order valence-corrected chi connectivity index (χ2v) is 5.12. The van der Waals surface area contributed by atoms with E-state index in [0.29, 0.717) is 6.04 Å². The molecule has 0 amide bonds. The number of hydrogen-bond acceptors (Lipinski definition) is 1. The average Bonchev–Trinajstić information content (AvgIpc) is 2.57. The zero-order valence-corrected chi connectivity index (χ0v) is 10.6. The average molecular weight is 237 g/mol. The molecule has 86 valence electrons. The van der Waals surface area contributed by atoms with Gasteiger partial charge in [0.1, 0.15) is 5.82 Å². The van der Waals surface area contributed by atoms with Crippen molar-refractivity contribution < 1.29 is 4.39 Å². The Morgan fingerprint density at radius 1 is 1.38 bits per heavy atom. The summed E-state index contributed by atoms with van der Waals surface area (Å²) in [6.45, 7) is 4.24. The number of nitrogens with zero attached hydrogens (tertiary/aromatic N) is 1. The number of aromatic nitrogens is 1. The van der Waals surface area contributed by atoms with Crippen LogP contribution >= 0.6 is 11.8 Å². The molecule has 1 nitrogen and oxygen atoms in total. The van der Waals surface area contributed by atoms with Crippen molar-refractivity contribution in [1.29, 1.82) is 0 Å². The van der Waals surface area contributed by atoms with E-state index in [9.17, 15) is 4.39 Å². The fraction of sp³-hybridized carbons (Fsp3) is 0.385. The van der Waals surface area contributed by atoms with Gasteiger partial charge in [-0.3, -0.25) is 0 Å². The molecule has 0 saturated heterocycles. The largest absolute Gasteiger partial charge is 0.345 e. The maximum absolute atomic E-state index is 13.3. The van der Waals surface area contributed by atoms with Crippen LogP contribution in [0.5, 0.6) is 0 Å². The molecule has 0 aliphatic heterocycles. The lowest BCUT2D eigenvalue weighted by Gasteiger charge is -2.08. The minimum atomic E-state index is -0.164. The number of fused-ring (bicyclic) bond motifs is 1. The third-order valence-electron chi connectivity index (χ3n) is 2.74. The number of hydrogen-bond donors (Lipinski definition) is 0. The number of rotatable bonds is 3. The molecule has 1 aromatic heterocycles. The summed E-state index contributed by atoms with van der Waals surface area (Å²) in [6.07, 6.45) is 4.23. The van der Waals surface area contributed by atoms with E-state index >= 15 is 0 Å². The highest BCUT2D eigenvalue weighted by atomic mass is 32.2. The van der Waals surface area contributed by atoms with Crippen molar-refractivity contribution in [3.63, 3.8) is 0 Å². The molecule has 3 heteroatoms. The molecule has 1 aromatic carbocycles. The highest BCUT2D eigenvalue weighted by molar-refractivity contribution is 7.97. The maximum Gasteiger partial charge on any atom is 0.125 e. The van der Waals surface area contributed by atoms with Crippen LogP contribution in [0.3, 0.4) is 0 Å². The molecule has 0 saturated carbocycles. The molecule has 0 aliphatic rings. The normalized spacial score (nSPS) is 11.6. The smallest absolute Gasteiger partial charge is 0.125 e. The zero-order valence-electron chi connectivity index (χ0n) is 9.83. The summed E-state index contributed by atoms with van der Waals surface area (Å²) in [6, 6.07) is 5.41. The fourth-order valence-corrected chi connectivity index (χ4v) is 2.54. The van der Waals surface area contributed by atoms with Gasteiger partial charge in [-0.1, -0.05) is 0 Å². The van der Waals surface area contributed by atoms with E-state index in [-0.39, 0.29) is 5.82 Å². The first-order valence-electron chi connectivity index (χ1n) is 5.41. The lowest BCUT2D eigenvalue weighted by molar-refractivity contribution is 0.611. The SMILES string of the molecule is CSCc1cn(C(C)C)c2cc(F)ccc12. The van der Waals surface area contributed by atoms with Crippen LogP contribution in [0.1, 0.15) is 25.5 Å². The molecule has 0 fully saturated rings. The predicted octanol–water partition coefficient (Wildman–Crippen LogP) is 4.22. The molecular formula is C13H16FNS. The summed E-state index contributed by atoms with van der Waals surface area (Å²) in [5.41, 5.74) is 2.29. The van der Waals surface area contributed by atoms with Crippen LogP contribution < -0.4 is 0 Å². The molecule has 0 unspecified atom stereocenters. The number of thioether (sulfide) groups is 1. The lowest BCUT2D eigenvalue weighted by atomic mass is 10.2. The summed E-state index contributed by atoms with van der Waals surface area (Å²) < 4.78 is 15.4. The second kappa shape index (κ2) is 4.50. The van der Waals surface area contributed by atoms with Crippen LogP contribution in [0.15, 0.2) is 24.4 Å². The fourth-order valence-electron chi connectivity index (χ4n) is 1.99. The van der Waals surface area contributed by atoms with Crippen molar-refractivity contribution in [3.8, 4) is 0 Å². The van der Waals surface area contributed by atoms with Crippen molar-refractivity contribution in [2.45, 2.75) is 25.6 Å².